The number of hydrogen-bond acceptors (Lipinski definition) is 4. The third kappa shape index (κ3) is 6.31. The Morgan fingerprint density at radius 1 is 1.06 bits per heavy atom. The second-order valence-corrected chi connectivity index (χ2v) is 9.83. The summed E-state index contributed by atoms with van der Waals surface area (Å²) in [7, 11) is -2.27. The zero-order valence-corrected chi connectivity index (χ0v) is 19.2. The van der Waals surface area contributed by atoms with E-state index in [0.29, 0.717) is 30.8 Å². The molecule has 0 unspecified atom stereocenters. The van der Waals surface area contributed by atoms with Crippen LogP contribution in [0, 0.1) is 0 Å². The SMILES string of the molecule is COc1ccc(S(=O)(=O)N[C@@H](C)CCc2ccccc2)cc1C(=O)N1CCCCCC1. The molecule has 1 aliphatic rings. The van der Waals surface area contributed by atoms with Crippen molar-refractivity contribution in [1.82, 2.24) is 9.62 Å². The number of hydrogen-bond donors (Lipinski definition) is 1. The van der Waals surface area contributed by atoms with Gasteiger partial charge in [0.1, 0.15) is 5.75 Å². The Bertz CT molecular complexity index is 968. The lowest BCUT2D eigenvalue weighted by atomic mass is 10.1. The van der Waals surface area contributed by atoms with Crippen LogP contribution in [0.1, 0.15) is 54.9 Å². The molecule has 168 valence electrons. The number of likely N-dealkylation sites (tertiary alicyclic amines) is 1. The molecule has 6 nitrogen and oxygen atoms in total. The summed E-state index contributed by atoms with van der Waals surface area (Å²) in [4.78, 5) is 15.0. The minimum absolute atomic E-state index is 0.0815. The molecule has 0 radical (unpaired) electrons. The van der Waals surface area contributed by atoms with Gasteiger partial charge in [-0.1, -0.05) is 43.2 Å². The largest absolute Gasteiger partial charge is 0.496 e. The topological polar surface area (TPSA) is 75.7 Å². The van der Waals surface area contributed by atoms with Crippen molar-refractivity contribution < 1.29 is 17.9 Å². The van der Waals surface area contributed by atoms with E-state index in [2.05, 4.69) is 4.72 Å². The highest BCUT2D eigenvalue weighted by atomic mass is 32.2. The first-order valence-corrected chi connectivity index (χ1v) is 12.4. The van der Waals surface area contributed by atoms with Crippen molar-refractivity contribution in [3.8, 4) is 5.75 Å². The molecule has 1 N–H and O–H groups in total. The Morgan fingerprint density at radius 3 is 2.39 bits per heavy atom. The van der Waals surface area contributed by atoms with Gasteiger partial charge >= 0.3 is 0 Å². The van der Waals surface area contributed by atoms with Gasteiger partial charge < -0.3 is 9.64 Å². The fourth-order valence-electron chi connectivity index (χ4n) is 3.89. The number of nitrogens with zero attached hydrogens (tertiary/aromatic N) is 1. The molecular weight excluding hydrogens is 412 g/mol. The minimum atomic E-state index is -3.76. The molecule has 1 aliphatic heterocycles. The number of carbonyl (C=O) groups excluding carboxylic acids is 1. The Morgan fingerprint density at radius 2 is 1.74 bits per heavy atom. The first kappa shape index (κ1) is 23.3. The molecule has 3 rings (SSSR count). The number of sulfonamides is 1. The Kier molecular flexibility index (Phi) is 8.09. The molecule has 0 saturated carbocycles. The van der Waals surface area contributed by atoms with Gasteiger partial charge in [0, 0.05) is 19.1 Å². The molecule has 0 aliphatic carbocycles. The molecule has 7 heteroatoms. The van der Waals surface area contributed by atoms with E-state index in [1.165, 1.54) is 24.8 Å². The second kappa shape index (κ2) is 10.8. The van der Waals surface area contributed by atoms with E-state index >= 15 is 0 Å². The van der Waals surface area contributed by atoms with Crippen LogP contribution in [-0.2, 0) is 16.4 Å². The fourth-order valence-corrected chi connectivity index (χ4v) is 5.19. The number of benzene rings is 2. The summed E-state index contributed by atoms with van der Waals surface area (Å²) in [6.45, 7) is 3.23. The molecule has 1 saturated heterocycles. The van der Waals surface area contributed by atoms with Gasteiger partial charge in [-0.3, -0.25) is 4.79 Å². The third-order valence-corrected chi connectivity index (χ3v) is 7.26. The number of methoxy groups -OCH3 is 1. The van der Waals surface area contributed by atoms with E-state index in [1.807, 2.05) is 37.3 Å². The number of amides is 1. The Labute approximate surface area is 185 Å². The smallest absolute Gasteiger partial charge is 0.257 e. The summed E-state index contributed by atoms with van der Waals surface area (Å²) < 4.78 is 34.1. The zero-order valence-electron chi connectivity index (χ0n) is 18.3. The molecule has 1 atom stereocenters. The van der Waals surface area contributed by atoms with E-state index in [9.17, 15) is 13.2 Å². The van der Waals surface area contributed by atoms with Crippen molar-refractivity contribution in [2.75, 3.05) is 20.2 Å². The van der Waals surface area contributed by atoms with Crippen LogP contribution in [-0.4, -0.2) is 45.5 Å². The number of rotatable bonds is 8. The van der Waals surface area contributed by atoms with Crippen molar-refractivity contribution in [1.29, 1.82) is 0 Å². The van der Waals surface area contributed by atoms with Crippen molar-refractivity contribution in [3.05, 3.63) is 59.7 Å². The van der Waals surface area contributed by atoms with Crippen LogP contribution < -0.4 is 9.46 Å². The van der Waals surface area contributed by atoms with Crippen molar-refractivity contribution >= 4 is 15.9 Å². The zero-order chi connectivity index (χ0) is 22.3. The molecule has 1 heterocycles. The molecular formula is C24H32N2O4S. The maximum absolute atomic E-state index is 13.1. The van der Waals surface area contributed by atoms with Gasteiger partial charge in [-0.2, -0.15) is 0 Å². The summed E-state index contributed by atoms with van der Waals surface area (Å²) >= 11 is 0. The van der Waals surface area contributed by atoms with Crippen LogP contribution in [0.15, 0.2) is 53.4 Å². The molecule has 31 heavy (non-hydrogen) atoms. The van der Waals surface area contributed by atoms with Gasteiger partial charge in [-0.15, -0.1) is 0 Å². The van der Waals surface area contributed by atoms with Crippen LogP contribution in [0.5, 0.6) is 5.75 Å². The van der Waals surface area contributed by atoms with Crippen molar-refractivity contribution in [2.24, 2.45) is 0 Å². The summed E-state index contributed by atoms with van der Waals surface area (Å²) in [5, 5.41) is 0. The van der Waals surface area contributed by atoms with E-state index in [-0.39, 0.29) is 16.8 Å². The van der Waals surface area contributed by atoms with Gasteiger partial charge in [0.15, 0.2) is 0 Å². The Balaban J connectivity index is 1.74. The molecule has 1 fully saturated rings. The maximum atomic E-state index is 13.1. The van der Waals surface area contributed by atoms with Crippen LogP contribution >= 0.6 is 0 Å². The number of ether oxygens (including phenoxy) is 1. The van der Waals surface area contributed by atoms with E-state index in [1.54, 1.807) is 11.0 Å². The molecule has 0 aromatic heterocycles. The standard InChI is InChI=1S/C24H32N2O4S/c1-19(12-13-20-10-6-5-7-11-20)25-31(28,29)21-14-15-23(30-2)22(18-21)24(27)26-16-8-3-4-9-17-26/h5-7,10-11,14-15,18-19,25H,3-4,8-9,12-13,16-17H2,1-2H3/t19-/m0/s1. The van der Waals surface area contributed by atoms with Gasteiger partial charge in [0.05, 0.1) is 17.6 Å². The number of aryl methyl sites for hydroxylation is 1. The lowest BCUT2D eigenvalue weighted by molar-refractivity contribution is 0.0758. The quantitative estimate of drug-likeness (QED) is 0.667. The predicted molar refractivity (Wildman–Crippen MR) is 122 cm³/mol. The average molecular weight is 445 g/mol. The van der Waals surface area contributed by atoms with Crippen molar-refractivity contribution in [2.45, 2.75) is 56.4 Å². The number of nitrogens with one attached hydrogen (secondary N) is 1. The molecule has 0 bridgehead atoms. The van der Waals surface area contributed by atoms with Gasteiger partial charge in [-0.25, -0.2) is 13.1 Å². The van der Waals surface area contributed by atoms with Gasteiger partial charge in [0.2, 0.25) is 10.0 Å². The highest BCUT2D eigenvalue weighted by Gasteiger charge is 2.25. The van der Waals surface area contributed by atoms with Crippen molar-refractivity contribution in [3.63, 3.8) is 0 Å². The van der Waals surface area contributed by atoms with E-state index < -0.39 is 10.0 Å². The second-order valence-electron chi connectivity index (χ2n) is 8.12. The molecule has 2 aromatic carbocycles. The lowest BCUT2D eigenvalue weighted by Gasteiger charge is -2.22. The maximum Gasteiger partial charge on any atom is 0.257 e. The predicted octanol–water partition coefficient (Wildman–Crippen LogP) is 4.01. The summed E-state index contributed by atoms with van der Waals surface area (Å²) in [5.41, 5.74) is 1.47. The van der Waals surface area contributed by atoms with E-state index in [0.717, 1.165) is 32.1 Å². The first-order valence-electron chi connectivity index (χ1n) is 10.9. The summed E-state index contributed by atoms with van der Waals surface area (Å²) in [5.74, 6) is 0.221. The molecule has 2 aromatic rings. The van der Waals surface area contributed by atoms with Crippen LogP contribution in [0.25, 0.3) is 0 Å². The summed E-state index contributed by atoms with van der Waals surface area (Å²) in [6.07, 6.45) is 5.62. The van der Waals surface area contributed by atoms with E-state index in [4.69, 9.17) is 4.74 Å². The minimum Gasteiger partial charge on any atom is -0.496 e. The molecule has 1 amide bonds. The van der Waals surface area contributed by atoms with Gasteiger partial charge in [-0.05, 0) is 56.4 Å². The first-order chi connectivity index (χ1) is 14.9. The number of carbonyl (C=O) groups is 1. The van der Waals surface area contributed by atoms with Crippen LogP contribution in [0.2, 0.25) is 0 Å². The highest BCUT2D eigenvalue weighted by Crippen LogP contribution is 2.25. The highest BCUT2D eigenvalue weighted by molar-refractivity contribution is 7.89. The Hall–Kier alpha value is -2.38. The van der Waals surface area contributed by atoms with Crippen LogP contribution in [0.3, 0.4) is 0 Å². The van der Waals surface area contributed by atoms with Crippen LogP contribution in [0.4, 0.5) is 0 Å². The third-order valence-electron chi connectivity index (χ3n) is 5.67. The van der Waals surface area contributed by atoms with Gasteiger partial charge in [0.25, 0.3) is 5.91 Å². The monoisotopic (exact) mass is 444 g/mol. The normalized spacial score (nSPS) is 15.9. The molecule has 0 spiro atoms. The summed E-state index contributed by atoms with van der Waals surface area (Å²) in [6, 6.07) is 14.2. The average Bonchev–Trinajstić information content (AvgIpc) is 3.07. The lowest BCUT2D eigenvalue weighted by Crippen LogP contribution is -2.34. The fraction of sp³-hybridized carbons (Fsp3) is 0.458.